The third kappa shape index (κ3) is 26.0. The topological polar surface area (TPSA) is 333 Å². The highest BCUT2D eigenvalue weighted by Gasteiger charge is 2.23. The first-order valence-corrected chi connectivity index (χ1v) is 35.2. The first kappa shape index (κ1) is 78.0. The summed E-state index contributed by atoms with van der Waals surface area (Å²) in [5, 5.41) is 34.3. The van der Waals surface area contributed by atoms with Crippen molar-refractivity contribution in [3.8, 4) is 69.2 Å². The maximum atomic E-state index is 11.9. The standard InChI is InChI=1S/C29H32N4O4.C24H24N4O2.C16H14ClN3O2.C12H18N2O2/c1-29(2,3)37-28(34)32-19-21-6-4-20(5-7-21)16-27-31-13-10-25(33-27)22-8-9-26(23(17-22)18-30)36-24-11-14-35-15-12-24;25-15-18-3-1-17(2-4-18)13-24-27-10-7-22(28-24)19-5-6-23(20(14-19)16-26)30-21-8-11-29-12-9-21;17-16-19-6-3-14(20-16)11-1-2-15(12(9-11)10-18)22-13-4-7-21-8-5-13;1-12(2,3)16-11(15)14-8-9-4-6-10(13)7-5-9/h4-10,13,17,24H,11-12,14-16,19H2,1-3H3,(H,32,34);1-7,10,14,21H,8-9,11-13,15,25H2;1-3,6,9,13H,4-5,7-8H2;4-7H,8,13H2,1-3H3,(H,14,15). The third-order valence-electron chi connectivity index (χ3n) is 16.3. The van der Waals surface area contributed by atoms with Gasteiger partial charge in [0, 0.05) is 112 Å². The molecule has 0 radical (unpaired) electrons. The van der Waals surface area contributed by atoms with Crippen LogP contribution in [-0.4, -0.2) is 111 Å². The maximum Gasteiger partial charge on any atom is 0.407 e. The molecule has 0 atom stereocenters. The van der Waals surface area contributed by atoms with Gasteiger partial charge in [-0.25, -0.2) is 39.5 Å². The molecule has 9 aromatic rings. The Kier molecular flexibility index (Phi) is 29.0. The number of nitrogens with one attached hydrogen (secondary N) is 2. The van der Waals surface area contributed by atoms with Crippen LogP contribution in [0.25, 0.3) is 33.8 Å². The summed E-state index contributed by atoms with van der Waals surface area (Å²) in [4.78, 5) is 49.5. The van der Waals surface area contributed by atoms with Gasteiger partial charge >= 0.3 is 12.2 Å². The van der Waals surface area contributed by atoms with Crippen LogP contribution in [0.5, 0.6) is 17.2 Å². The summed E-state index contributed by atoms with van der Waals surface area (Å²) in [5.41, 5.74) is 22.4. The quantitative estimate of drug-likeness (QED) is 0.0458. The fourth-order valence-electron chi connectivity index (χ4n) is 10.9. The number of alkyl carbamates (subject to hydrolysis) is 2. The summed E-state index contributed by atoms with van der Waals surface area (Å²) in [5.74, 6) is 3.21. The van der Waals surface area contributed by atoms with Crippen molar-refractivity contribution in [3.63, 3.8) is 0 Å². The Balaban J connectivity index is 0.000000169. The average Bonchev–Trinajstić information content (AvgIpc) is 0.854. The van der Waals surface area contributed by atoms with Gasteiger partial charge in [0.1, 0.15) is 76.6 Å². The van der Waals surface area contributed by atoms with Crippen LogP contribution in [0.4, 0.5) is 15.3 Å². The van der Waals surface area contributed by atoms with E-state index in [1.54, 1.807) is 48.9 Å². The molecule has 0 spiro atoms. The SMILES string of the molecule is CC(C)(C)OC(=O)NCc1ccc(Cc2nccc(-c3ccc(OC4CCOCC4)c(C#N)c3)n2)cc1.CC(C)(C)OC(=O)NCc1ccc(N)cc1.N#Cc1cc(-c2ccnc(Cc3ccc(CN)cc3)n2)ccc1OC1CCOCC1.N#Cc1cc(-c2ccnc(Cl)n2)ccc1OC1CCOCC1. The average molecular weight is 1440 g/mol. The lowest BCUT2D eigenvalue weighted by Crippen LogP contribution is -2.32. The summed E-state index contributed by atoms with van der Waals surface area (Å²) < 4.78 is 44.5. The molecule has 6 aromatic carbocycles. The van der Waals surface area contributed by atoms with Crippen molar-refractivity contribution in [1.29, 1.82) is 15.8 Å². The summed E-state index contributed by atoms with van der Waals surface area (Å²) in [6.45, 7) is 16.5. The number of ether oxygens (including phenoxy) is 8. The Morgan fingerprint density at radius 2 is 0.790 bits per heavy atom. The number of nitrogens with zero attached hydrogens (tertiary/aromatic N) is 9. The number of carbonyl (C=O) groups is 2. The first-order chi connectivity index (χ1) is 50.7. The molecule has 0 bridgehead atoms. The van der Waals surface area contributed by atoms with Crippen LogP contribution in [-0.2, 0) is 56.2 Å². The van der Waals surface area contributed by atoms with E-state index in [1.807, 2.05) is 145 Å². The molecule has 0 aliphatic carbocycles. The van der Waals surface area contributed by atoms with E-state index in [9.17, 15) is 25.4 Å². The molecule has 544 valence electrons. The van der Waals surface area contributed by atoms with Crippen LogP contribution in [0.15, 0.2) is 164 Å². The number of hydrogen-bond acceptors (Lipinski definition) is 21. The molecule has 3 saturated heterocycles. The number of hydrogen-bond donors (Lipinski definition) is 4. The normalized spacial score (nSPS) is 13.9. The molecule has 6 N–H and O–H groups in total. The predicted molar refractivity (Wildman–Crippen MR) is 398 cm³/mol. The van der Waals surface area contributed by atoms with Crippen LogP contribution < -0.4 is 36.3 Å². The minimum Gasteiger partial charge on any atom is -0.489 e. The van der Waals surface area contributed by atoms with Crippen LogP contribution in [0.1, 0.15) is 136 Å². The number of nitrogens with two attached hydrogens (primary N) is 2. The zero-order valence-electron chi connectivity index (χ0n) is 60.0. The second-order valence-electron chi connectivity index (χ2n) is 26.8. The second kappa shape index (κ2) is 39.0. The molecular weight excluding hydrogens is 1350 g/mol. The Bertz CT molecular complexity index is 4440. The minimum absolute atomic E-state index is 0.0665. The van der Waals surface area contributed by atoms with Crippen molar-refractivity contribution < 1.29 is 47.5 Å². The first-order valence-electron chi connectivity index (χ1n) is 34.8. The van der Waals surface area contributed by atoms with E-state index in [0.717, 1.165) is 100 Å². The Morgan fingerprint density at radius 3 is 1.12 bits per heavy atom. The molecule has 24 heteroatoms. The smallest absolute Gasteiger partial charge is 0.407 e. The van der Waals surface area contributed by atoms with Crippen molar-refractivity contribution >= 4 is 29.5 Å². The molecule has 12 rings (SSSR count). The van der Waals surface area contributed by atoms with Crippen LogP contribution in [0.3, 0.4) is 0 Å². The lowest BCUT2D eigenvalue weighted by molar-refractivity contribution is 0.0252. The fraction of sp³-hybridized carbons (Fsp3) is 0.346. The number of halogens is 1. The van der Waals surface area contributed by atoms with E-state index in [2.05, 4.69) is 60.9 Å². The second-order valence-corrected chi connectivity index (χ2v) is 27.2. The summed E-state index contributed by atoms with van der Waals surface area (Å²) in [6, 6.07) is 52.2. The zero-order chi connectivity index (χ0) is 74.6. The highest BCUT2D eigenvalue weighted by Crippen LogP contribution is 2.32. The number of carbonyl (C=O) groups excluding carboxylic acids is 2. The number of amides is 2. The molecule has 3 aliphatic rings. The van der Waals surface area contributed by atoms with Crippen molar-refractivity contribution in [2.45, 2.75) is 142 Å². The van der Waals surface area contributed by atoms with E-state index in [0.29, 0.717) is 123 Å². The van der Waals surface area contributed by atoms with Crippen LogP contribution in [0, 0.1) is 34.0 Å². The largest absolute Gasteiger partial charge is 0.489 e. The Labute approximate surface area is 618 Å². The fourth-order valence-corrected chi connectivity index (χ4v) is 11.0. The molecule has 3 aliphatic heterocycles. The van der Waals surface area contributed by atoms with E-state index in [-0.39, 0.29) is 23.6 Å². The van der Waals surface area contributed by atoms with Gasteiger partial charge < -0.3 is 60.0 Å². The maximum absolute atomic E-state index is 11.9. The number of benzene rings is 6. The number of anilines is 1. The van der Waals surface area contributed by atoms with Gasteiger partial charge in [-0.3, -0.25) is 0 Å². The van der Waals surface area contributed by atoms with Gasteiger partial charge in [0.05, 0.1) is 73.4 Å². The van der Waals surface area contributed by atoms with Crippen molar-refractivity contribution in [2.24, 2.45) is 5.73 Å². The molecule has 3 fully saturated rings. The molecule has 3 aromatic heterocycles. The van der Waals surface area contributed by atoms with Gasteiger partial charge in [-0.2, -0.15) is 15.8 Å². The monoisotopic (exact) mass is 1440 g/mol. The van der Waals surface area contributed by atoms with Gasteiger partial charge in [-0.15, -0.1) is 0 Å². The number of nitriles is 3. The molecular formula is C81H88ClN13O10. The van der Waals surface area contributed by atoms with E-state index in [4.69, 9.17) is 70.9 Å². The molecule has 23 nitrogen and oxygen atoms in total. The van der Waals surface area contributed by atoms with E-state index < -0.39 is 23.4 Å². The number of aromatic nitrogens is 6. The van der Waals surface area contributed by atoms with Crippen molar-refractivity contribution in [3.05, 3.63) is 226 Å². The predicted octanol–water partition coefficient (Wildman–Crippen LogP) is 14.3. The van der Waals surface area contributed by atoms with Crippen molar-refractivity contribution in [2.75, 3.05) is 45.4 Å². The molecule has 6 heterocycles. The van der Waals surface area contributed by atoms with Crippen LogP contribution >= 0.6 is 11.6 Å². The molecule has 105 heavy (non-hydrogen) atoms. The summed E-state index contributed by atoms with van der Waals surface area (Å²) in [6.07, 6.45) is 10.7. The Morgan fingerprint density at radius 1 is 0.467 bits per heavy atom. The van der Waals surface area contributed by atoms with Gasteiger partial charge in [0.25, 0.3) is 0 Å². The lowest BCUT2D eigenvalue weighted by Gasteiger charge is -2.23. The van der Waals surface area contributed by atoms with Gasteiger partial charge in [0.2, 0.25) is 5.28 Å². The van der Waals surface area contributed by atoms with E-state index in [1.165, 1.54) is 0 Å². The molecule has 2 amide bonds. The minimum atomic E-state index is -0.529. The summed E-state index contributed by atoms with van der Waals surface area (Å²) in [7, 11) is 0. The number of rotatable bonds is 18. The number of nitrogen functional groups attached to an aromatic ring is 1. The van der Waals surface area contributed by atoms with Gasteiger partial charge in [0.15, 0.2) is 0 Å². The Hall–Kier alpha value is -11.1. The molecule has 0 saturated carbocycles. The molecule has 0 unspecified atom stereocenters. The summed E-state index contributed by atoms with van der Waals surface area (Å²) >= 11 is 5.80. The zero-order valence-corrected chi connectivity index (χ0v) is 60.7. The lowest BCUT2D eigenvalue weighted by atomic mass is 10.1. The third-order valence-corrected chi connectivity index (χ3v) is 16.4. The van der Waals surface area contributed by atoms with Crippen molar-refractivity contribution in [1.82, 2.24) is 40.5 Å². The van der Waals surface area contributed by atoms with Gasteiger partial charge in [-0.1, -0.05) is 60.7 Å². The van der Waals surface area contributed by atoms with Gasteiger partial charge in [-0.05, 0) is 166 Å². The highest BCUT2D eigenvalue weighted by molar-refractivity contribution is 6.28. The van der Waals surface area contributed by atoms with E-state index >= 15 is 0 Å². The highest BCUT2D eigenvalue weighted by atomic mass is 35.5. The van der Waals surface area contributed by atoms with Crippen LogP contribution in [0.2, 0.25) is 5.28 Å².